The monoisotopic (exact) mass is 920 g/mol. The molecular weight excluding hydrogens is 869 g/mol. The van der Waals surface area contributed by atoms with Gasteiger partial charge in [0.25, 0.3) is 20.2 Å². The van der Waals surface area contributed by atoms with Gasteiger partial charge < -0.3 is 56.3 Å². The van der Waals surface area contributed by atoms with Crippen molar-refractivity contribution >= 4 is 55.2 Å². The summed E-state index contributed by atoms with van der Waals surface area (Å²) in [7, 11) is -2.72. The fourth-order valence-electron chi connectivity index (χ4n) is 5.75. The van der Waals surface area contributed by atoms with E-state index in [4.69, 9.17) is 30.4 Å². The quantitative estimate of drug-likeness (QED) is 0.0594. The molecule has 0 saturated carbocycles. The van der Waals surface area contributed by atoms with Gasteiger partial charge in [-0.3, -0.25) is 28.3 Å². The van der Waals surface area contributed by atoms with Crippen molar-refractivity contribution in [1.82, 2.24) is 10.6 Å². The summed E-state index contributed by atoms with van der Waals surface area (Å²) in [5.74, 6) is -1.65. The molecule has 344 valence electrons. The Morgan fingerprint density at radius 3 is 1.21 bits per heavy atom. The number of benzene rings is 4. The summed E-state index contributed by atoms with van der Waals surface area (Å²) in [6.45, 7) is -0.132. The molecule has 0 atom stereocenters. The predicted octanol–water partition coefficient (Wildman–Crippen LogP) is 0.802. The summed E-state index contributed by atoms with van der Waals surface area (Å²) in [5, 5.41) is 5.40. The molecule has 0 unspecified atom stereocenters. The van der Waals surface area contributed by atoms with Crippen molar-refractivity contribution in [3.05, 3.63) is 107 Å². The molecule has 0 bridgehead atoms. The third-order valence-electron chi connectivity index (χ3n) is 8.67. The van der Waals surface area contributed by atoms with E-state index in [2.05, 4.69) is 10.6 Å². The number of nitrogens with two attached hydrogens (primary N) is 2. The normalized spacial score (nSPS) is 10.8. The van der Waals surface area contributed by atoms with Crippen LogP contribution >= 0.6 is 0 Å². The van der Waals surface area contributed by atoms with Gasteiger partial charge in [-0.25, -0.2) is 0 Å². The number of nitrogens with zero attached hydrogens (tertiary/aromatic N) is 2. The second kappa shape index (κ2) is 24.7. The highest BCUT2D eigenvalue weighted by molar-refractivity contribution is 7.86. The molecule has 23 heteroatoms. The van der Waals surface area contributed by atoms with E-state index in [1.54, 1.807) is 24.3 Å². The Morgan fingerprint density at radius 2 is 0.905 bits per heavy atom. The van der Waals surface area contributed by atoms with Gasteiger partial charge in [0.15, 0.2) is 23.0 Å². The van der Waals surface area contributed by atoms with Crippen LogP contribution in [0.5, 0.6) is 23.0 Å². The average molecular weight is 921 g/mol. The van der Waals surface area contributed by atoms with Crippen LogP contribution in [0.4, 0.5) is 11.4 Å². The first-order valence-corrected chi connectivity index (χ1v) is 21.6. The summed E-state index contributed by atoms with van der Waals surface area (Å²) in [6, 6.07) is 22.4. The van der Waals surface area contributed by atoms with Crippen molar-refractivity contribution in [2.45, 2.75) is 12.8 Å². The van der Waals surface area contributed by atoms with E-state index >= 15 is 0 Å². The summed E-state index contributed by atoms with van der Waals surface area (Å²) in [5.41, 5.74) is 13.1. The molecule has 0 aliphatic carbocycles. The second-order valence-electron chi connectivity index (χ2n) is 13.2. The Morgan fingerprint density at radius 1 is 0.556 bits per heavy atom. The molecule has 0 aliphatic rings. The van der Waals surface area contributed by atoms with Gasteiger partial charge in [0.05, 0.1) is 41.5 Å². The van der Waals surface area contributed by atoms with Crippen LogP contribution < -0.4 is 50.8 Å². The minimum atomic E-state index is -4.42. The summed E-state index contributed by atoms with van der Waals surface area (Å²) < 4.78 is 84.9. The van der Waals surface area contributed by atoms with Crippen LogP contribution in [-0.4, -0.2) is 121 Å². The average Bonchev–Trinajstić information content (AvgIpc) is 3.22. The smallest absolute Gasteiger partial charge is 0.283 e. The first-order valence-electron chi connectivity index (χ1n) is 18.4. The predicted molar refractivity (Wildman–Crippen MR) is 234 cm³/mol. The third-order valence-corrected chi connectivity index (χ3v) is 9.94. The number of primary amides is 2. The van der Waals surface area contributed by atoms with Gasteiger partial charge in [-0.2, -0.15) is 16.8 Å². The summed E-state index contributed by atoms with van der Waals surface area (Å²) in [4.78, 5) is 49.8. The number of ether oxygens (including phenoxy) is 4. The number of hydrogen-bond acceptors (Lipinski definition) is 14. The molecule has 4 amide bonds. The summed E-state index contributed by atoms with van der Waals surface area (Å²) >= 11 is 0. The van der Waals surface area contributed by atoms with E-state index in [9.17, 15) is 45.1 Å². The molecule has 0 saturated heterocycles. The van der Waals surface area contributed by atoms with Crippen molar-refractivity contribution in [2.75, 3.05) is 76.2 Å². The molecular formula is C40H52N6O15S2. The zero-order valence-corrected chi connectivity index (χ0v) is 36.5. The highest BCUT2D eigenvalue weighted by Gasteiger charge is 2.20. The van der Waals surface area contributed by atoms with E-state index in [1.807, 2.05) is 12.1 Å². The number of amides is 4. The number of carbonyl (C=O) groups excluding carboxylic acids is 4. The van der Waals surface area contributed by atoms with E-state index in [-0.39, 0.29) is 54.2 Å². The van der Waals surface area contributed by atoms with Gasteiger partial charge in [-0.15, -0.1) is 0 Å². The van der Waals surface area contributed by atoms with Gasteiger partial charge in [-0.1, -0.05) is 24.3 Å². The Labute approximate surface area is 365 Å². The number of carbonyl (C=O) groups is 4. The van der Waals surface area contributed by atoms with Gasteiger partial charge in [0, 0.05) is 35.6 Å². The highest BCUT2D eigenvalue weighted by atomic mass is 32.2. The summed E-state index contributed by atoms with van der Waals surface area (Å²) in [6.07, 6.45) is 1.00. The van der Waals surface area contributed by atoms with Crippen LogP contribution in [0, 0.1) is 0 Å². The Hall–Kier alpha value is -6.66. The van der Waals surface area contributed by atoms with Gasteiger partial charge in [-0.05, 0) is 84.6 Å². The lowest BCUT2D eigenvalue weighted by atomic mass is 10.1. The van der Waals surface area contributed by atoms with E-state index in [0.717, 1.165) is 20.9 Å². The first kappa shape index (κ1) is 52.5. The molecule has 4 aromatic rings. The van der Waals surface area contributed by atoms with Gasteiger partial charge >= 0.3 is 0 Å². The first-order chi connectivity index (χ1) is 29.2. The molecule has 0 fully saturated rings. The van der Waals surface area contributed by atoms with Crippen LogP contribution in [0.1, 0.15) is 31.8 Å². The number of rotatable bonds is 22. The topological polar surface area (TPSA) is 328 Å². The van der Waals surface area contributed by atoms with Crippen LogP contribution in [0.2, 0.25) is 0 Å². The van der Waals surface area contributed by atoms with Crippen LogP contribution in [-0.2, 0) is 42.7 Å². The molecule has 21 nitrogen and oxygen atoms in total. The fraction of sp³-hybridized carbons (Fsp3) is 0.300. The molecule has 0 aliphatic heterocycles. The maximum Gasteiger partial charge on any atom is 0.283 e. The Kier molecular flexibility index (Phi) is 20.6. The molecule has 0 radical (unpaired) electrons. The highest BCUT2D eigenvalue weighted by Crippen LogP contribution is 2.28. The molecule has 4 rings (SSSR count). The van der Waals surface area contributed by atoms with Gasteiger partial charge in [0.1, 0.15) is 11.8 Å². The van der Waals surface area contributed by atoms with Crippen molar-refractivity contribution < 1.29 is 69.5 Å². The Bertz CT molecular complexity index is 2250. The lowest BCUT2D eigenvalue weighted by Crippen LogP contribution is -2.40. The molecule has 0 spiro atoms. The zero-order valence-electron chi connectivity index (χ0n) is 34.9. The van der Waals surface area contributed by atoms with Crippen LogP contribution in [0.25, 0.3) is 0 Å². The number of methoxy groups -OCH3 is 4. The maximum absolute atomic E-state index is 12.4. The van der Waals surface area contributed by atoms with Crippen molar-refractivity contribution in [2.24, 2.45) is 11.5 Å². The van der Waals surface area contributed by atoms with Crippen molar-refractivity contribution in [3.8, 4) is 23.0 Å². The van der Waals surface area contributed by atoms with Crippen LogP contribution in [0.3, 0.4) is 0 Å². The number of hydrogen-bond donors (Lipinski definition) is 6. The van der Waals surface area contributed by atoms with Crippen molar-refractivity contribution in [3.63, 3.8) is 0 Å². The standard InChI is InChI=1S/2C20H25N3O7S.H2O/c2*1-29-17-7-6-14(10-18(17)30-2)8-9-22-19(24)12-23(13-31(26,27)28)16-5-3-4-15(11-16)20(21)25;/h2*3-7,10-11H,8-9,12-13H2,1-2H3,(H2,21,25)(H,22,24)(H,26,27,28);1H2. The minimum absolute atomic E-state index is 0. The Balaban J connectivity index is 0.000000427. The molecule has 0 heterocycles. The van der Waals surface area contributed by atoms with E-state index < -0.39 is 55.6 Å². The maximum atomic E-state index is 12.4. The molecule has 0 aromatic heterocycles. The van der Waals surface area contributed by atoms with Crippen molar-refractivity contribution in [1.29, 1.82) is 0 Å². The van der Waals surface area contributed by atoms with E-state index in [0.29, 0.717) is 35.8 Å². The molecule has 63 heavy (non-hydrogen) atoms. The number of anilines is 2. The lowest BCUT2D eigenvalue weighted by molar-refractivity contribution is -0.120. The zero-order chi connectivity index (χ0) is 46.0. The minimum Gasteiger partial charge on any atom is -0.493 e. The SMILES string of the molecule is COc1ccc(CCNC(=O)CN(CS(=O)(=O)O)c2cccc(C(N)=O)c2)cc1OC.COc1ccc(CCNC(=O)CN(CS(=O)(=O)O)c2cccc(C(N)=O)c2)cc1OC.O. The van der Waals surface area contributed by atoms with E-state index in [1.165, 1.54) is 77.0 Å². The lowest BCUT2D eigenvalue weighted by Gasteiger charge is -2.23. The largest absolute Gasteiger partial charge is 0.493 e. The van der Waals surface area contributed by atoms with Gasteiger partial charge in [0.2, 0.25) is 23.6 Å². The second-order valence-corrected chi connectivity index (χ2v) is 16.1. The number of nitrogens with one attached hydrogen (secondary N) is 2. The fourth-order valence-corrected chi connectivity index (χ4v) is 7.02. The molecule has 10 N–H and O–H groups in total. The van der Waals surface area contributed by atoms with Crippen LogP contribution in [0.15, 0.2) is 84.9 Å². The third kappa shape index (κ3) is 18.1. The molecule has 4 aromatic carbocycles.